The molecule has 0 aliphatic carbocycles. The zero-order valence-corrected chi connectivity index (χ0v) is 14.8. The lowest BCUT2D eigenvalue weighted by Gasteiger charge is -2.30. The van der Waals surface area contributed by atoms with E-state index < -0.39 is 0 Å². The van der Waals surface area contributed by atoms with Gasteiger partial charge in [-0.1, -0.05) is 71.6 Å². The summed E-state index contributed by atoms with van der Waals surface area (Å²) in [5.74, 6) is 0. The highest BCUT2D eigenvalue weighted by atomic mass is 15.3. The fraction of sp³-hybridized carbons (Fsp3) is 0.947. The van der Waals surface area contributed by atoms with Gasteiger partial charge in [-0.05, 0) is 25.7 Å². The Kier molecular flexibility index (Phi) is 13.9. The minimum Gasteiger partial charge on any atom is -0.328 e. The molecule has 0 heterocycles. The summed E-state index contributed by atoms with van der Waals surface area (Å²) >= 11 is 0. The average molecular weight is 284 g/mol. The summed E-state index contributed by atoms with van der Waals surface area (Å²) in [6.07, 6.45) is 18.1. The van der Waals surface area contributed by atoms with Gasteiger partial charge in [-0.25, -0.2) is 0 Å². The summed E-state index contributed by atoms with van der Waals surface area (Å²) < 4.78 is 1.22. The molecule has 0 atom stereocenters. The van der Waals surface area contributed by atoms with Gasteiger partial charge in [0.1, 0.15) is 0 Å². The number of unbranched alkanes of at least 4 members (excludes halogenated alkanes) is 11. The van der Waals surface area contributed by atoms with Crippen molar-refractivity contribution in [2.24, 2.45) is 0 Å². The van der Waals surface area contributed by atoms with Crippen molar-refractivity contribution in [2.75, 3.05) is 27.2 Å². The second-order valence-corrected chi connectivity index (χ2v) is 7.13. The summed E-state index contributed by atoms with van der Waals surface area (Å²) in [7, 11) is 4.80. The molecule has 0 aliphatic rings. The van der Waals surface area contributed by atoms with Gasteiger partial charge < -0.3 is 4.48 Å². The molecule has 0 fully saturated rings. The third-order valence-electron chi connectivity index (χ3n) is 4.38. The van der Waals surface area contributed by atoms with Gasteiger partial charge in [-0.3, -0.25) is 0 Å². The number of quaternary nitrogens is 1. The molecule has 0 unspecified atom stereocenters. The van der Waals surface area contributed by atoms with Crippen molar-refractivity contribution in [3.05, 3.63) is 6.92 Å². The van der Waals surface area contributed by atoms with Crippen LogP contribution in [0.15, 0.2) is 0 Å². The van der Waals surface area contributed by atoms with Crippen LogP contribution in [0.5, 0.6) is 0 Å². The van der Waals surface area contributed by atoms with Crippen molar-refractivity contribution in [3.63, 3.8) is 0 Å². The maximum atomic E-state index is 3.92. The molecule has 1 radical (unpaired) electrons. The first-order chi connectivity index (χ1) is 9.62. The quantitative estimate of drug-likeness (QED) is 0.256. The molecule has 0 aromatic rings. The Balaban J connectivity index is 3.30. The molecule has 0 saturated heterocycles. The smallest absolute Gasteiger partial charge is 0.0782 e. The first kappa shape index (κ1) is 20.0. The standard InChI is InChI=1S/C19H41N/c1-5-7-9-11-12-13-14-15-17-19-20(3,4)18-16-10-8-6-2/h2,5-19H2,1,3-4H3/q+1. The maximum absolute atomic E-state index is 3.92. The fourth-order valence-corrected chi connectivity index (χ4v) is 2.86. The van der Waals surface area contributed by atoms with Gasteiger partial charge in [0.05, 0.1) is 27.2 Å². The molecule has 121 valence electrons. The van der Waals surface area contributed by atoms with E-state index in [0.29, 0.717) is 0 Å². The molecule has 1 nitrogen and oxygen atoms in total. The van der Waals surface area contributed by atoms with E-state index in [0.717, 1.165) is 6.42 Å². The van der Waals surface area contributed by atoms with E-state index in [9.17, 15) is 0 Å². The highest BCUT2D eigenvalue weighted by Gasteiger charge is 2.13. The van der Waals surface area contributed by atoms with Crippen LogP contribution in [0.25, 0.3) is 0 Å². The SMILES string of the molecule is [CH2]CCCCC[N+](C)(C)CCCCCCCCCCC. The van der Waals surface area contributed by atoms with Crippen LogP contribution in [0.2, 0.25) is 0 Å². The van der Waals surface area contributed by atoms with Crippen LogP contribution in [0.1, 0.15) is 90.4 Å². The Labute approximate surface area is 129 Å². The molecule has 0 saturated carbocycles. The van der Waals surface area contributed by atoms with Crippen molar-refractivity contribution in [3.8, 4) is 0 Å². The minimum atomic E-state index is 1.10. The van der Waals surface area contributed by atoms with E-state index in [-0.39, 0.29) is 0 Å². The predicted octanol–water partition coefficient (Wildman–Crippen LogP) is 5.99. The molecular formula is C19H41N+. The Bertz CT molecular complexity index is 186. The molecular weight excluding hydrogens is 242 g/mol. The topological polar surface area (TPSA) is 0 Å². The van der Waals surface area contributed by atoms with Gasteiger partial charge in [0.25, 0.3) is 0 Å². The van der Waals surface area contributed by atoms with Crippen LogP contribution < -0.4 is 0 Å². The second-order valence-electron chi connectivity index (χ2n) is 7.13. The van der Waals surface area contributed by atoms with Gasteiger partial charge in [0, 0.05) is 0 Å². The lowest BCUT2D eigenvalue weighted by molar-refractivity contribution is -0.890. The zero-order chi connectivity index (χ0) is 15.1. The largest absolute Gasteiger partial charge is 0.328 e. The van der Waals surface area contributed by atoms with Crippen molar-refractivity contribution in [1.82, 2.24) is 0 Å². The number of hydrogen-bond donors (Lipinski definition) is 0. The highest BCUT2D eigenvalue weighted by molar-refractivity contribution is 4.48. The van der Waals surface area contributed by atoms with Crippen LogP contribution in [0.4, 0.5) is 0 Å². The van der Waals surface area contributed by atoms with Crippen molar-refractivity contribution >= 4 is 0 Å². The number of rotatable bonds is 15. The lowest BCUT2D eigenvalue weighted by atomic mass is 10.1. The Hall–Kier alpha value is -0.0400. The lowest BCUT2D eigenvalue weighted by Crippen LogP contribution is -2.41. The summed E-state index contributed by atoms with van der Waals surface area (Å²) in [4.78, 5) is 0. The van der Waals surface area contributed by atoms with Crippen LogP contribution in [0, 0.1) is 6.92 Å². The molecule has 0 amide bonds. The first-order valence-electron chi connectivity index (χ1n) is 9.23. The number of hydrogen-bond acceptors (Lipinski definition) is 0. The van der Waals surface area contributed by atoms with E-state index in [1.165, 1.54) is 94.6 Å². The normalized spacial score (nSPS) is 12.0. The van der Waals surface area contributed by atoms with Crippen LogP contribution in [-0.2, 0) is 0 Å². The molecule has 0 spiro atoms. The van der Waals surface area contributed by atoms with E-state index in [1.807, 2.05) is 0 Å². The van der Waals surface area contributed by atoms with Crippen molar-refractivity contribution in [2.45, 2.75) is 90.4 Å². The third-order valence-corrected chi connectivity index (χ3v) is 4.38. The van der Waals surface area contributed by atoms with Crippen molar-refractivity contribution < 1.29 is 4.48 Å². The van der Waals surface area contributed by atoms with E-state index in [4.69, 9.17) is 0 Å². The molecule has 0 aromatic heterocycles. The molecule has 0 N–H and O–H groups in total. The molecule has 1 heteroatoms. The van der Waals surface area contributed by atoms with Crippen LogP contribution in [-0.4, -0.2) is 31.7 Å². The Morgan fingerprint density at radius 2 is 1.00 bits per heavy atom. The van der Waals surface area contributed by atoms with Gasteiger partial charge in [-0.15, -0.1) is 0 Å². The third kappa shape index (κ3) is 14.4. The van der Waals surface area contributed by atoms with E-state index in [1.54, 1.807) is 0 Å². The number of nitrogens with zero attached hydrogens (tertiary/aromatic N) is 1. The Morgan fingerprint density at radius 1 is 0.600 bits per heavy atom. The summed E-state index contributed by atoms with van der Waals surface area (Å²) in [5, 5.41) is 0. The fourth-order valence-electron chi connectivity index (χ4n) is 2.86. The van der Waals surface area contributed by atoms with Crippen molar-refractivity contribution in [1.29, 1.82) is 0 Å². The van der Waals surface area contributed by atoms with E-state index >= 15 is 0 Å². The first-order valence-corrected chi connectivity index (χ1v) is 9.23. The summed E-state index contributed by atoms with van der Waals surface area (Å²) in [5.41, 5.74) is 0. The van der Waals surface area contributed by atoms with Crippen LogP contribution >= 0.6 is 0 Å². The van der Waals surface area contributed by atoms with Gasteiger partial charge in [-0.2, -0.15) is 0 Å². The van der Waals surface area contributed by atoms with Gasteiger partial charge >= 0.3 is 0 Å². The molecule has 0 rings (SSSR count). The maximum Gasteiger partial charge on any atom is 0.0782 e. The van der Waals surface area contributed by atoms with Crippen LogP contribution in [0.3, 0.4) is 0 Å². The minimum absolute atomic E-state index is 1.10. The molecule has 0 aliphatic heterocycles. The summed E-state index contributed by atoms with van der Waals surface area (Å²) in [6, 6.07) is 0. The van der Waals surface area contributed by atoms with E-state index in [2.05, 4.69) is 27.9 Å². The monoisotopic (exact) mass is 283 g/mol. The zero-order valence-electron chi connectivity index (χ0n) is 14.8. The van der Waals surface area contributed by atoms with Gasteiger partial charge in [0.2, 0.25) is 0 Å². The Morgan fingerprint density at radius 3 is 1.45 bits per heavy atom. The summed E-state index contributed by atoms with van der Waals surface area (Å²) in [6.45, 7) is 8.91. The predicted molar refractivity (Wildman–Crippen MR) is 92.9 cm³/mol. The van der Waals surface area contributed by atoms with Gasteiger partial charge in [0.15, 0.2) is 0 Å². The molecule has 0 aromatic carbocycles. The highest BCUT2D eigenvalue weighted by Crippen LogP contribution is 2.12. The molecule has 0 bridgehead atoms. The average Bonchev–Trinajstić information content (AvgIpc) is 2.42. The second kappa shape index (κ2) is 13.9. The molecule has 20 heavy (non-hydrogen) atoms.